The number of nitrogens with one attached hydrogen (secondary N) is 2. The van der Waals surface area contributed by atoms with Crippen LogP contribution in [0.25, 0.3) is 5.65 Å². The highest BCUT2D eigenvalue weighted by molar-refractivity contribution is 5.97. The summed E-state index contributed by atoms with van der Waals surface area (Å²) in [7, 11) is 0. The molecule has 30 heavy (non-hydrogen) atoms. The fourth-order valence-electron chi connectivity index (χ4n) is 3.21. The molecule has 3 rings (SSSR count). The molecule has 1 aromatic carbocycles. The number of nitriles is 1. The van der Waals surface area contributed by atoms with E-state index in [1.54, 1.807) is 35.7 Å². The third kappa shape index (κ3) is 4.63. The number of fused-ring (bicyclic) bond motifs is 1. The van der Waals surface area contributed by atoms with Gasteiger partial charge in [-0.25, -0.2) is 9.50 Å². The first-order valence-electron chi connectivity index (χ1n) is 9.80. The van der Waals surface area contributed by atoms with E-state index in [0.717, 1.165) is 11.4 Å². The average molecular weight is 404 g/mol. The molecule has 0 aliphatic carbocycles. The molecule has 0 aliphatic rings. The third-order valence-corrected chi connectivity index (χ3v) is 4.75. The van der Waals surface area contributed by atoms with E-state index in [1.807, 2.05) is 26.0 Å². The Labute approximate surface area is 174 Å². The molecule has 2 N–H and O–H groups in total. The van der Waals surface area contributed by atoms with Crippen molar-refractivity contribution in [3.05, 3.63) is 64.6 Å². The Morgan fingerprint density at radius 1 is 1.23 bits per heavy atom. The van der Waals surface area contributed by atoms with Crippen molar-refractivity contribution in [2.24, 2.45) is 0 Å². The van der Waals surface area contributed by atoms with Crippen molar-refractivity contribution in [3.8, 4) is 6.07 Å². The van der Waals surface area contributed by atoms with E-state index in [2.05, 4.69) is 26.8 Å². The van der Waals surface area contributed by atoms with Gasteiger partial charge in [0.25, 0.3) is 5.91 Å². The van der Waals surface area contributed by atoms with E-state index in [1.165, 1.54) is 0 Å². The molecule has 0 saturated carbocycles. The zero-order valence-electron chi connectivity index (χ0n) is 17.3. The number of rotatable bonds is 7. The van der Waals surface area contributed by atoms with Gasteiger partial charge in [-0.2, -0.15) is 10.4 Å². The highest BCUT2D eigenvalue weighted by atomic mass is 16.2. The highest BCUT2D eigenvalue weighted by Crippen LogP contribution is 2.17. The molecule has 2 amide bonds. The van der Waals surface area contributed by atoms with Crippen LogP contribution >= 0.6 is 0 Å². The Morgan fingerprint density at radius 2 is 1.97 bits per heavy atom. The average Bonchev–Trinajstić information content (AvgIpc) is 3.09. The zero-order valence-corrected chi connectivity index (χ0v) is 17.3. The molecule has 0 fully saturated rings. The zero-order chi connectivity index (χ0) is 21.7. The first-order valence-corrected chi connectivity index (χ1v) is 9.80. The van der Waals surface area contributed by atoms with E-state index < -0.39 is 6.04 Å². The molecule has 0 saturated heterocycles. The van der Waals surface area contributed by atoms with Crippen molar-refractivity contribution < 1.29 is 9.59 Å². The number of aryl methyl sites for hydroxylation is 3. The number of nitrogens with zero attached hydrogens (tertiary/aromatic N) is 4. The fourth-order valence-corrected chi connectivity index (χ4v) is 3.21. The molecular weight excluding hydrogens is 380 g/mol. The molecule has 2 aromatic heterocycles. The van der Waals surface area contributed by atoms with Crippen LogP contribution in [0.15, 0.2) is 36.4 Å². The Bertz CT molecular complexity index is 1110. The Balaban J connectivity index is 1.53. The van der Waals surface area contributed by atoms with Gasteiger partial charge in [-0.05, 0) is 51.8 Å². The predicted octanol–water partition coefficient (Wildman–Crippen LogP) is 2.09. The van der Waals surface area contributed by atoms with E-state index in [4.69, 9.17) is 0 Å². The summed E-state index contributed by atoms with van der Waals surface area (Å²) in [6.45, 7) is 5.86. The number of benzene rings is 1. The number of amides is 2. The van der Waals surface area contributed by atoms with Gasteiger partial charge >= 0.3 is 0 Å². The van der Waals surface area contributed by atoms with Gasteiger partial charge in [-0.3, -0.25) is 9.59 Å². The van der Waals surface area contributed by atoms with Crippen LogP contribution in [0.3, 0.4) is 0 Å². The molecule has 0 radical (unpaired) electrons. The van der Waals surface area contributed by atoms with Gasteiger partial charge in [0.05, 0.1) is 5.69 Å². The molecular formula is C22H24N6O2. The largest absolute Gasteiger partial charge is 0.354 e. The molecule has 0 spiro atoms. The minimum atomic E-state index is -0.655. The van der Waals surface area contributed by atoms with Crippen molar-refractivity contribution in [2.75, 3.05) is 6.54 Å². The van der Waals surface area contributed by atoms with Crippen LogP contribution < -0.4 is 10.6 Å². The number of hydrogen-bond donors (Lipinski definition) is 2. The second kappa shape index (κ2) is 9.18. The summed E-state index contributed by atoms with van der Waals surface area (Å²) in [5.74, 6) is -0.553. The third-order valence-electron chi connectivity index (χ3n) is 4.75. The van der Waals surface area contributed by atoms with Crippen molar-refractivity contribution in [2.45, 2.75) is 39.7 Å². The van der Waals surface area contributed by atoms with Gasteiger partial charge < -0.3 is 10.6 Å². The van der Waals surface area contributed by atoms with Gasteiger partial charge in [0, 0.05) is 23.5 Å². The van der Waals surface area contributed by atoms with Gasteiger partial charge in [0.2, 0.25) is 5.91 Å². The van der Waals surface area contributed by atoms with Crippen molar-refractivity contribution in [1.82, 2.24) is 25.2 Å². The Kier molecular flexibility index (Phi) is 6.42. The lowest BCUT2D eigenvalue weighted by Crippen LogP contribution is -2.45. The summed E-state index contributed by atoms with van der Waals surface area (Å²) in [5.41, 5.74) is 3.95. The number of carbonyl (C=O) groups is 2. The van der Waals surface area contributed by atoms with Gasteiger partial charge in [-0.1, -0.05) is 18.2 Å². The van der Waals surface area contributed by atoms with Gasteiger partial charge in [0.15, 0.2) is 5.65 Å². The summed E-state index contributed by atoms with van der Waals surface area (Å²) in [6, 6.07) is 12.2. The van der Waals surface area contributed by atoms with Crippen LogP contribution in [0.4, 0.5) is 0 Å². The fraction of sp³-hybridized carbons (Fsp3) is 0.318. The van der Waals surface area contributed by atoms with E-state index >= 15 is 0 Å². The molecule has 3 aromatic rings. The lowest BCUT2D eigenvalue weighted by molar-refractivity contribution is -0.122. The van der Waals surface area contributed by atoms with Crippen LogP contribution in [0, 0.1) is 25.2 Å². The SMILES string of the molecule is Cc1cc(C)n2nc(CCCNC(=O)[C@H](C)NC(=O)c3ccccc3)c(C#N)c2n1. The first kappa shape index (κ1) is 21.0. The predicted molar refractivity (Wildman–Crippen MR) is 112 cm³/mol. The molecule has 0 aliphatic heterocycles. The maximum Gasteiger partial charge on any atom is 0.251 e. The molecule has 2 heterocycles. The maximum absolute atomic E-state index is 12.3. The Morgan fingerprint density at radius 3 is 2.67 bits per heavy atom. The minimum Gasteiger partial charge on any atom is -0.354 e. The second-order valence-corrected chi connectivity index (χ2v) is 7.16. The quantitative estimate of drug-likeness (QED) is 0.586. The normalized spacial score (nSPS) is 11.7. The lowest BCUT2D eigenvalue weighted by Gasteiger charge is -2.14. The molecule has 1 atom stereocenters. The topological polar surface area (TPSA) is 112 Å². The van der Waals surface area contributed by atoms with Crippen molar-refractivity contribution >= 4 is 17.5 Å². The number of hydrogen-bond acceptors (Lipinski definition) is 5. The van der Waals surface area contributed by atoms with Gasteiger partial charge in [-0.15, -0.1) is 0 Å². The van der Waals surface area contributed by atoms with Crippen LogP contribution in [0.1, 0.15) is 46.3 Å². The summed E-state index contributed by atoms with van der Waals surface area (Å²) in [6.07, 6.45) is 1.15. The van der Waals surface area contributed by atoms with E-state index in [9.17, 15) is 14.9 Å². The summed E-state index contributed by atoms with van der Waals surface area (Å²) in [4.78, 5) is 28.8. The number of carbonyl (C=O) groups excluding carboxylic acids is 2. The lowest BCUT2D eigenvalue weighted by atomic mass is 10.1. The Hall–Kier alpha value is -3.73. The van der Waals surface area contributed by atoms with E-state index in [0.29, 0.717) is 41.9 Å². The summed E-state index contributed by atoms with van der Waals surface area (Å²) in [5, 5.41) is 19.5. The molecule has 8 nitrogen and oxygen atoms in total. The highest BCUT2D eigenvalue weighted by Gasteiger charge is 2.17. The smallest absolute Gasteiger partial charge is 0.251 e. The molecule has 8 heteroatoms. The monoisotopic (exact) mass is 404 g/mol. The molecule has 0 bridgehead atoms. The number of aromatic nitrogens is 3. The summed E-state index contributed by atoms with van der Waals surface area (Å²) < 4.78 is 1.68. The van der Waals surface area contributed by atoms with E-state index in [-0.39, 0.29) is 11.8 Å². The molecule has 0 unspecified atom stereocenters. The van der Waals surface area contributed by atoms with Crippen molar-refractivity contribution in [3.63, 3.8) is 0 Å². The molecule has 154 valence electrons. The van der Waals surface area contributed by atoms with Gasteiger partial charge in [0.1, 0.15) is 17.7 Å². The van der Waals surface area contributed by atoms with Crippen LogP contribution in [0.2, 0.25) is 0 Å². The van der Waals surface area contributed by atoms with Crippen LogP contribution in [-0.4, -0.2) is 39.0 Å². The first-order chi connectivity index (χ1) is 14.4. The van der Waals surface area contributed by atoms with Crippen LogP contribution in [0.5, 0.6) is 0 Å². The second-order valence-electron chi connectivity index (χ2n) is 7.16. The van der Waals surface area contributed by atoms with Crippen molar-refractivity contribution in [1.29, 1.82) is 5.26 Å². The summed E-state index contributed by atoms with van der Waals surface area (Å²) >= 11 is 0. The standard InChI is InChI=1S/C22H24N6O2/c1-14-12-15(2)28-20(25-14)18(13-23)19(27-28)10-7-11-24-21(29)16(3)26-22(30)17-8-5-4-6-9-17/h4-6,8-9,12,16H,7,10-11H2,1-3H3,(H,24,29)(H,26,30)/t16-/m0/s1. The van der Waals surface area contributed by atoms with Crippen LogP contribution in [-0.2, 0) is 11.2 Å². The minimum absolute atomic E-state index is 0.261. The maximum atomic E-state index is 12.3.